The van der Waals surface area contributed by atoms with Crippen LogP contribution in [0.5, 0.6) is 5.75 Å². The summed E-state index contributed by atoms with van der Waals surface area (Å²) in [6.07, 6.45) is 0.774. The van der Waals surface area contributed by atoms with Crippen molar-refractivity contribution in [1.29, 1.82) is 0 Å². The van der Waals surface area contributed by atoms with Crippen molar-refractivity contribution in [3.05, 3.63) is 46.0 Å². The van der Waals surface area contributed by atoms with Crippen LogP contribution in [0.1, 0.15) is 32.8 Å². The molecule has 5 heteroatoms. The van der Waals surface area contributed by atoms with Crippen LogP contribution in [0.3, 0.4) is 0 Å². The minimum atomic E-state index is -0.385. The summed E-state index contributed by atoms with van der Waals surface area (Å²) < 4.78 is 5.72. The van der Waals surface area contributed by atoms with Crippen LogP contribution < -0.4 is 10.1 Å². The number of nitro groups is 1. The van der Waals surface area contributed by atoms with Crippen molar-refractivity contribution in [3.63, 3.8) is 0 Å². The monoisotopic (exact) mass is 292 g/mol. The molecule has 0 unspecified atom stereocenters. The lowest BCUT2D eigenvalue weighted by Crippen LogP contribution is -2.19. The predicted octanol–water partition coefficient (Wildman–Crippen LogP) is 3.69. The molecular weight excluding hydrogens is 268 g/mol. The number of rotatable bonds is 9. The average Bonchev–Trinajstić information content (AvgIpc) is 2.39. The summed E-state index contributed by atoms with van der Waals surface area (Å²) in [6.45, 7) is 12.0. The fraction of sp³-hybridized carbons (Fsp3) is 0.500. The molecule has 0 spiro atoms. The summed E-state index contributed by atoms with van der Waals surface area (Å²) in [5.41, 5.74) is 1.95. The predicted molar refractivity (Wildman–Crippen MR) is 84.6 cm³/mol. The molecule has 0 aromatic heterocycles. The van der Waals surface area contributed by atoms with E-state index < -0.39 is 0 Å². The van der Waals surface area contributed by atoms with Gasteiger partial charge in [-0.25, -0.2) is 0 Å². The first-order chi connectivity index (χ1) is 9.90. The highest BCUT2D eigenvalue weighted by molar-refractivity contribution is 5.43. The summed E-state index contributed by atoms with van der Waals surface area (Å²) in [5, 5.41) is 14.2. The summed E-state index contributed by atoms with van der Waals surface area (Å²) in [4.78, 5) is 10.5. The lowest BCUT2D eigenvalue weighted by molar-refractivity contribution is -0.384. The molecule has 0 fully saturated rings. The van der Waals surface area contributed by atoms with Crippen molar-refractivity contribution in [2.24, 2.45) is 5.92 Å². The standard InChI is InChI=1S/C16H24N2O3/c1-12(2)7-8-21-16-6-5-15(18(19)20)9-14(16)11-17-10-13(3)4/h5-6,9,13,17H,1,7-8,10-11H2,2-4H3. The molecule has 0 aliphatic carbocycles. The Balaban J connectivity index is 2.78. The van der Waals surface area contributed by atoms with Crippen LogP contribution in [0.2, 0.25) is 0 Å². The van der Waals surface area contributed by atoms with Gasteiger partial charge in [0, 0.05) is 30.7 Å². The molecule has 0 aliphatic rings. The van der Waals surface area contributed by atoms with Gasteiger partial charge in [0.05, 0.1) is 11.5 Å². The molecule has 0 saturated heterocycles. The first-order valence-corrected chi connectivity index (χ1v) is 7.15. The van der Waals surface area contributed by atoms with Crippen LogP contribution >= 0.6 is 0 Å². The van der Waals surface area contributed by atoms with E-state index in [1.165, 1.54) is 6.07 Å². The molecule has 0 bridgehead atoms. The van der Waals surface area contributed by atoms with E-state index in [9.17, 15) is 10.1 Å². The first-order valence-electron chi connectivity index (χ1n) is 7.15. The third kappa shape index (κ3) is 6.40. The molecule has 1 aromatic carbocycles. The lowest BCUT2D eigenvalue weighted by atomic mass is 10.1. The molecule has 0 amide bonds. The van der Waals surface area contributed by atoms with Crippen LogP contribution in [0.15, 0.2) is 30.4 Å². The Morgan fingerprint density at radius 1 is 1.48 bits per heavy atom. The Morgan fingerprint density at radius 2 is 2.19 bits per heavy atom. The topological polar surface area (TPSA) is 64.4 Å². The van der Waals surface area contributed by atoms with Gasteiger partial charge in [-0.15, -0.1) is 6.58 Å². The first kappa shape index (κ1) is 17.2. The zero-order valence-electron chi connectivity index (χ0n) is 13.0. The second kappa shape index (κ2) is 8.42. The van der Waals surface area contributed by atoms with Crippen LogP contribution in [-0.4, -0.2) is 18.1 Å². The summed E-state index contributed by atoms with van der Waals surface area (Å²) >= 11 is 0. The minimum absolute atomic E-state index is 0.0867. The van der Waals surface area contributed by atoms with Gasteiger partial charge in [-0.3, -0.25) is 10.1 Å². The number of nitro benzene ring substituents is 1. The van der Waals surface area contributed by atoms with Gasteiger partial charge in [0.25, 0.3) is 5.69 Å². The van der Waals surface area contributed by atoms with Crippen LogP contribution in [0.25, 0.3) is 0 Å². The van der Waals surface area contributed by atoms with Gasteiger partial charge < -0.3 is 10.1 Å². The van der Waals surface area contributed by atoms with E-state index in [1.807, 2.05) is 6.92 Å². The van der Waals surface area contributed by atoms with E-state index in [-0.39, 0.29) is 10.6 Å². The summed E-state index contributed by atoms with van der Waals surface area (Å²) in [7, 11) is 0. The molecule has 1 rings (SSSR count). The molecule has 1 N–H and O–H groups in total. The van der Waals surface area contributed by atoms with Crippen molar-refractivity contribution in [3.8, 4) is 5.75 Å². The fourth-order valence-corrected chi connectivity index (χ4v) is 1.79. The van der Waals surface area contributed by atoms with E-state index in [2.05, 4.69) is 25.7 Å². The maximum absolute atomic E-state index is 10.9. The van der Waals surface area contributed by atoms with Crippen molar-refractivity contribution in [2.75, 3.05) is 13.2 Å². The van der Waals surface area contributed by atoms with Gasteiger partial charge in [0.15, 0.2) is 0 Å². The molecule has 0 saturated carbocycles. The molecular formula is C16H24N2O3. The Bertz CT molecular complexity index is 498. The van der Waals surface area contributed by atoms with Crippen molar-refractivity contribution >= 4 is 5.69 Å². The number of hydrogen-bond acceptors (Lipinski definition) is 4. The van der Waals surface area contributed by atoms with Crippen molar-refractivity contribution < 1.29 is 9.66 Å². The molecule has 5 nitrogen and oxygen atoms in total. The number of ether oxygens (including phenoxy) is 1. The minimum Gasteiger partial charge on any atom is -0.493 e. The highest BCUT2D eigenvalue weighted by Crippen LogP contribution is 2.24. The molecule has 21 heavy (non-hydrogen) atoms. The van der Waals surface area contributed by atoms with E-state index >= 15 is 0 Å². The van der Waals surface area contributed by atoms with E-state index in [0.717, 1.165) is 24.1 Å². The van der Waals surface area contributed by atoms with Crippen molar-refractivity contribution in [1.82, 2.24) is 5.32 Å². The molecule has 1 aromatic rings. The second-order valence-corrected chi connectivity index (χ2v) is 5.63. The van der Waals surface area contributed by atoms with Gasteiger partial charge in [0.1, 0.15) is 5.75 Å². The molecule has 0 radical (unpaired) electrons. The zero-order chi connectivity index (χ0) is 15.8. The van der Waals surface area contributed by atoms with E-state index in [4.69, 9.17) is 4.74 Å². The van der Waals surface area contributed by atoms with Crippen LogP contribution in [0.4, 0.5) is 5.69 Å². The number of hydrogen-bond donors (Lipinski definition) is 1. The van der Waals surface area contributed by atoms with Crippen LogP contribution in [-0.2, 0) is 6.54 Å². The number of benzene rings is 1. The molecule has 0 aliphatic heterocycles. The van der Waals surface area contributed by atoms with Gasteiger partial charge in [0.2, 0.25) is 0 Å². The Morgan fingerprint density at radius 3 is 2.76 bits per heavy atom. The Labute approximate surface area is 126 Å². The maximum Gasteiger partial charge on any atom is 0.270 e. The van der Waals surface area contributed by atoms with Gasteiger partial charge in [-0.1, -0.05) is 19.4 Å². The fourth-order valence-electron chi connectivity index (χ4n) is 1.79. The molecule has 0 heterocycles. The number of non-ortho nitro benzene ring substituents is 1. The van der Waals surface area contributed by atoms with E-state index in [0.29, 0.717) is 24.8 Å². The lowest BCUT2D eigenvalue weighted by Gasteiger charge is -2.13. The smallest absolute Gasteiger partial charge is 0.270 e. The Kier molecular flexibility index (Phi) is 6.88. The highest BCUT2D eigenvalue weighted by Gasteiger charge is 2.12. The number of nitrogens with zero attached hydrogens (tertiary/aromatic N) is 1. The Hall–Kier alpha value is -1.88. The zero-order valence-corrected chi connectivity index (χ0v) is 13.0. The quantitative estimate of drug-likeness (QED) is 0.428. The number of nitrogens with one attached hydrogen (secondary N) is 1. The molecule has 0 atom stereocenters. The van der Waals surface area contributed by atoms with Crippen molar-refractivity contribution in [2.45, 2.75) is 33.7 Å². The third-order valence-electron chi connectivity index (χ3n) is 2.91. The summed E-state index contributed by atoms with van der Waals surface area (Å²) in [6, 6.07) is 4.72. The van der Waals surface area contributed by atoms with Gasteiger partial charge >= 0.3 is 0 Å². The SMILES string of the molecule is C=C(C)CCOc1ccc([N+](=O)[O-])cc1CNCC(C)C. The highest BCUT2D eigenvalue weighted by atomic mass is 16.6. The summed E-state index contributed by atoms with van der Waals surface area (Å²) in [5.74, 6) is 1.22. The molecule has 116 valence electrons. The largest absolute Gasteiger partial charge is 0.493 e. The van der Waals surface area contributed by atoms with E-state index in [1.54, 1.807) is 12.1 Å². The van der Waals surface area contributed by atoms with Gasteiger partial charge in [-0.05, 0) is 25.5 Å². The second-order valence-electron chi connectivity index (χ2n) is 5.63. The van der Waals surface area contributed by atoms with Gasteiger partial charge in [-0.2, -0.15) is 0 Å². The maximum atomic E-state index is 10.9. The van der Waals surface area contributed by atoms with Crippen LogP contribution in [0, 0.1) is 16.0 Å². The third-order valence-corrected chi connectivity index (χ3v) is 2.91. The normalized spacial score (nSPS) is 10.7. The average molecular weight is 292 g/mol.